The minimum Gasteiger partial charge on any atom is -0.324 e. The normalized spacial score (nSPS) is 12.1. The van der Waals surface area contributed by atoms with Crippen LogP contribution in [0.5, 0.6) is 0 Å². The zero-order valence-electron chi connectivity index (χ0n) is 13.7. The lowest BCUT2D eigenvalue weighted by atomic mass is 10.1. The molecule has 0 bridgehead atoms. The molecule has 2 aromatic carbocycles. The molecule has 3 nitrogen and oxygen atoms in total. The number of aromatic nitrogens is 2. The highest BCUT2D eigenvalue weighted by atomic mass is 35.5. The number of alkyl halides is 6. The molecular weight excluding hydrogens is 408 g/mol. The molecule has 0 unspecified atom stereocenters. The van der Waals surface area contributed by atoms with E-state index in [2.05, 4.69) is 15.3 Å². The summed E-state index contributed by atoms with van der Waals surface area (Å²) in [6, 6.07) is 9.09. The minimum atomic E-state index is -4.64. The maximum absolute atomic E-state index is 13.0. The van der Waals surface area contributed by atoms with Crippen LogP contribution in [0.2, 0.25) is 5.02 Å². The van der Waals surface area contributed by atoms with Crippen molar-refractivity contribution >= 4 is 23.2 Å². The number of halogens is 7. The summed E-state index contributed by atoms with van der Waals surface area (Å²) in [6.45, 7) is 0. The van der Waals surface area contributed by atoms with E-state index < -0.39 is 28.5 Å². The van der Waals surface area contributed by atoms with Crippen LogP contribution in [0.25, 0.3) is 11.3 Å². The van der Waals surface area contributed by atoms with Crippen molar-refractivity contribution in [2.75, 3.05) is 5.32 Å². The van der Waals surface area contributed by atoms with E-state index in [9.17, 15) is 26.3 Å². The third-order valence-electron chi connectivity index (χ3n) is 3.67. The first-order chi connectivity index (χ1) is 13.0. The van der Waals surface area contributed by atoms with Gasteiger partial charge in [-0.15, -0.1) is 0 Å². The van der Waals surface area contributed by atoms with Gasteiger partial charge in [0, 0.05) is 17.4 Å². The molecule has 1 N–H and O–H groups in total. The quantitative estimate of drug-likeness (QED) is 0.489. The van der Waals surface area contributed by atoms with Crippen molar-refractivity contribution in [3.8, 4) is 11.3 Å². The molecule has 1 aromatic heterocycles. The highest BCUT2D eigenvalue weighted by molar-refractivity contribution is 6.31. The van der Waals surface area contributed by atoms with E-state index in [1.807, 2.05) is 0 Å². The number of benzene rings is 2. The van der Waals surface area contributed by atoms with Crippen LogP contribution in [-0.2, 0) is 12.4 Å². The molecular formula is C18H10ClF6N3. The molecule has 146 valence electrons. The Labute approximate surface area is 160 Å². The molecule has 10 heteroatoms. The van der Waals surface area contributed by atoms with Gasteiger partial charge in [0.25, 0.3) is 0 Å². The smallest absolute Gasteiger partial charge is 0.324 e. The molecule has 1 heterocycles. The van der Waals surface area contributed by atoms with Gasteiger partial charge in [-0.05, 0) is 36.4 Å². The molecule has 0 saturated carbocycles. The predicted octanol–water partition coefficient (Wildman–Crippen LogP) is 6.58. The first-order valence-electron chi connectivity index (χ1n) is 7.68. The molecule has 3 aromatic rings. The largest absolute Gasteiger partial charge is 0.417 e. The van der Waals surface area contributed by atoms with Crippen molar-refractivity contribution in [3.05, 3.63) is 70.9 Å². The van der Waals surface area contributed by atoms with Crippen molar-refractivity contribution in [2.24, 2.45) is 0 Å². The lowest BCUT2D eigenvalue weighted by Crippen LogP contribution is -2.07. The highest BCUT2D eigenvalue weighted by Gasteiger charge is 2.33. The van der Waals surface area contributed by atoms with Gasteiger partial charge in [-0.25, -0.2) is 9.97 Å². The predicted molar refractivity (Wildman–Crippen MR) is 92.2 cm³/mol. The van der Waals surface area contributed by atoms with Crippen molar-refractivity contribution in [3.63, 3.8) is 0 Å². The van der Waals surface area contributed by atoms with Gasteiger partial charge >= 0.3 is 12.4 Å². The standard InChI is InChI=1S/C18H10ClF6N3/c19-14-5-4-12(9-13(14)18(23,24)25)27-16-26-7-6-15(28-16)10-2-1-3-11(8-10)17(20,21)22/h1-9H,(H,26,27,28). The summed E-state index contributed by atoms with van der Waals surface area (Å²) in [5, 5.41) is 2.13. The van der Waals surface area contributed by atoms with E-state index in [4.69, 9.17) is 11.6 Å². The first-order valence-corrected chi connectivity index (χ1v) is 8.06. The molecule has 0 aliphatic heterocycles. The monoisotopic (exact) mass is 417 g/mol. The van der Waals surface area contributed by atoms with E-state index in [-0.39, 0.29) is 22.9 Å². The van der Waals surface area contributed by atoms with Gasteiger partial charge in [-0.3, -0.25) is 0 Å². The lowest BCUT2D eigenvalue weighted by molar-refractivity contribution is -0.138. The fourth-order valence-electron chi connectivity index (χ4n) is 2.38. The number of hydrogen-bond donors (Lipinski definition) is 1. The van der Waals surface area contributed by atoms with Gasteiger partial charge in [0.2, 0.25) is 5.95 Å². The summed E-state index contributed by atoms with van der Waals surface area (Å²) in [4.78, 5) is 7.96. The fourth-order valence-corrected chi connectivity index (χ4v) is 2.61. The third-order valence-corrected chi connectivity index (χ3v) is 4.00. The van der Waals surface area contributed by atoms with Gasteiger partial charge in [0.1, 0.15) is 0 Å². The molecule has 0 saturated heterocycles. The first kappa shape index (κ1) is 19.9. The van der Waals surface area contributed by atoms with Crippen LogP contribution in [-0.4, -0.2) is 9.97 Å². The Bertz CT molecular complexity index is 1000. The summed E-state index contributed by atoms with van der Waals surface area (Å²) >= 11 is 5.57. The van der Waals surface area contributed by atoms with Crippen LogP contribution in [0, 0.1) is 0 Å². The summed E-state index contributed by atoms with van der Waals surface area (Å²) in [5.41, 5.74) is -1.49. The molecule has 0 aliphatic rings. The topological polar surface area (TPSA) is 37.8 Å². The number of hydrogen-bond acceptors (Lipinski definition) is 3. The Morgan fingerprint density at radius 3 is 2.29 bits per heavy atom. The SMILES string of the molecule is FC(F)(F)c1cccc(-c2ccnc(Nc3ccc(Cl)c(C(F)(F)F)c3)n2)c1. The van der Waals surface area contributed by atoms with E-state index in [1.54, 1.807) is 0 Å². The van der Waals surface area contributed by atoms with Crippen molar-refractivity contribution in [1.82, 2.24) is 9.97 Å². The Balaban J connectivity index is 1.91. The molecule has 0 atom stereocenters. The Morgan fingerprint density at radius 2 is 1.61 bits per heavy atom. The molecule has 0 aliphatic carbocycles. The van der Waals surface area contributed by atoms with Gasteiger partial charge in [0.05, 0.1) is 21.8 Å². The second-order valence-corrected chi connectivity index (χ2v) is 6.07. The van der Waals surface area contributed by atoms with Crippen LogP contribution in [0.4, 0.5) is 38.0 Å². The molecule has 0 radical (unpaired) electrons. The molecule has 28 heavy (non-hydrogen) atoms. The Kier molecular flexibility index (Phi) is 5.20. The van der Waals surface area contributed by atoms with Crippen molar-refractivity contribution in [2.45, 2.75) is 12.4 Å². The molecule has 0 fully saturated rings. The Hall–Kier alpha value is -2.81. The zero-order valence-corrected chi connectivity index (χ0v) is 14.5. The highest BCUT2D eigenvalue weighted by Crippen LogP contribution is 2.36. The summed E-state index contributed by atoms with van der Waals surface area (Å²) in [7, 11) is 0. The van der Waals surface area contributed by atoms with Gasteiger partial charge in [0.15, 0.2) is 0 Å². The van der Waals surface area contributed by atoms with Crippen LogP contribution in [0.3, 0.4) is 0 Å². The Morgan fingerprint density at radius 1 is 0.857 bits per heavy atom. The fraction of sp³-hybridized carbons (Fsp3) is 0.111. The van der Waals surface area contributed by atoms with E-state index in [1.165, 1.54) is 30.5 Å². The maximum atomic E-state index is 13.0. The van der Waals surface area contributed by atoms with Gasteiger partial charge in [-0.1, -0.05) is 23.7 Å². The van der Waals surface area contributed by atoms with Gasteiger partial charge < -0.3 is 5.32 Å². The lowest BCUT2D eigenvalue weighted by Gasteiger charge is -2.12. The van der Waals surface area contributed by atoms with Gasteiger partial charge in [-0.2, -0.15) is 26.3 Å². The van der Waals surface area contributed by atoms with E-state index in [0.29, 0.717) is 0 Å². The third kappa shape index (κ3) is 4.53. The number of nitrogens with one attached hydrogen (secondary N) is 1. The van der Waals surface area contributed by atoms with E-state index in [0.717, 1.165) is 24.3 Å². The molecule has 0 amide bonds. The van der Waals surface area contributed by atoms with Crippen LogP contribution < -0.4 is 5.32 Å². The average Bonchev–Trinajstić information content (AvgIpc) is 2.62. The van der Waals surface area contributed by atoms with Crippen LogP contribution >= 0.6 is 11.6 Å². The minimum absolute atomic E-state index is 0.0258. The van der Waals surface area contributed by atoms with Crippen molar-refractivity contribution < 1.29 is 26.3 Å². The summed E-state index contributed by atoms with van der Waals surface area (Å²) < 4.78 is 77.5. The second kappa shape index (κ2) is 7.31. The second-order valence-electron chi connectivity index (χ2n) is 5.66. The average molecular weight is 418 g/mol. The summed E-state index contributed by atoms with van der Waals surface area (Å²) in [6.07, 6.45) is -7.87. The number of rotatable bonds is 3. The van der Waals surface area contributed by atoms with Crippen LogP contribution in [0.15, 0.2) is 54.7 Å². The van der Waals surface area contributed by atoms with Crippen molar-refractivity contribution in [1.29, 1.82) is 0 Å². The van der Waals surface area contributed by atoms with Crippen LogP contribution in [0.1, 0.15) is 11.1 Å². The van der Waals surface area contributed by atoms with E-state index >= 15 is 0 Å². The number of anilines is 2. The zero-order chi connectivity index (χ0) is 20.5. The molecule has 0 spiro atoms. The maximum Gasteiger partial charge on any atom is 0.417 e. The summed E-state index contributed by atoms with van der Waals surface area (Å²) in [5.74, 6) is -0.0784. The number of nitrogens with zero attached hydrogens (tertiary/aromatic N) is 2. The molecule has 3 rings (SSSR count).